The van der Waals surface area contributed by atoms with Crippen LogP contribution in [0, 0.1) is 0 Å². The molecule has 3 heterocycles. The van der Waals surface area contributed by atoms with Gasteiger partial charge in [0.05, 0.1) is 17.4 Å². The van der Waals surface area contributed by atoms with Crippen molar-refractivity contribution in [2.75, 3.05) is 5.32 Å². The molecule has 0 bridgehead atoms. The first-order chi connectivity index (χ1) is 12.8. The molecule has 0 aliphatic heterocycles. The van der Waals surface area contributed by atoms with Crippen molar-refractivity contribution in [2.24, 2.45) is 0 Å². The molecule has 0 saturated carbocycles. The first kappa shape index (κ1) is 14.5. The van der Waals surface area contributed by atoms with E-state index in [1.54, 1.807) is 18.5 Å². The molecule has 3 aromatic heterocycles. The van der Waals surface area contributed by atoms with E-state index in [0.717, 1.165) is 32.9 Å². The number of carbonyl (C=O) groups excluding carboxylic acids is 1. The van der Waals surface area contributed by atoms with E-state index in [0.29, 0.717) is 11.4 Å². The van der Waals surface area contributed by atoms with E-state index in [9.17, 15) is 4.79 Å². The second-order valence-electron chi connectivity index (χ2n) is 6.02. The van der Waals surface area contributed by atoms with Crippen LogP contribution in [-0.2, 0) is 0 Å². The van der Waals surface area contributed by atoms with Crippen LogP contribution in [0.5, 0.6) is 0 Å². The van der Waals surface area contributed by atoms with Crippen molar-refractivity contribution in [2.45, 2.75) is 0 Å². The number of anilines is 1. The summed E-state index contributed by atoms with van der Waals surface area (Å²) in [6.07, 6.45) is 5.17. The highest BCUT2D eigenvalue weighted by Crippen LogP contribution is 2.34. The highest BCUT2D eigenvalue weighted by atomic mass is 16.1. The number of aromatic amines is 3. The number of H-pyrrole nitrogens is 3. The summed E-state index contributed by atoms with van der Waals surface area (Å²) in [5, 5.41) is 18.5. The van der Waals surface area contributed by atoms with E-state index < -0.39 is 0 Å². The van der Waals surface area contributed by atoms with Crippen molar-refractivity contribution < 1.29 is 4.79 Å². The standard InChI is InChI=1S/C19H14N6O/c26-19(16-5-7-21-24-16)23-17-8-11(9-18-14(17)10-22-25-18)12-2-1-3-15-13(12)4-6-20-15/h1-10,20H,(H,21,24)(H,22,25)(H,23,26). The third-order valence-corrected chi connectivity index (χ3v) is 4.46. The quantitative estimate of drug-likeness (QED) is 0.402. The minimum atomic E-state index is -0.248. The molecule has 126 valence electrons. The maximum absolute atomic E-state index is 12.4. The van der Waals surface area contributed by atoms with Crippen LogP contribution in [0.4, 0.5) is 5.69 Å². The monoisotopic (exact) mass is 342 g/mol. The number of aromatic nitrogens is 5. The maximum atomic E-state index is 12.4. The molecule has 7 nitrogen and oxygen atoms in total. The van der Waals surface area contributed by atoms with Gasteiger partial charge in [0, 0.05) is 28.7 Å². The lowest BCUT2D eigenvalue weighted by molar-refractivity contribution is 0.102. The Morgan fingerprint density at radius 2 is 1.92 bits per heavy atom. The van der Waals surface area contributed by atoms with Gasteiger partial charge in [0.1, 0.15) is 5.69 Å². The highest BCUT2D eigenvalue weighted by molar-refractivity contribution is 6.09. The van der Waals surface area contributed by atoms with Crippen LogP contribution in [0.2, 0.25) is 0 Å². The molecular formula is C19H14N6O. The van der Waals surface area contributed by atoms with E-state index >= 15 is 0 Å². The summed E-state index contributed by atoms with van der Waals surface area (Å²) >= 11 is 0. The number of rotatable bonds is 3. The molecule has 0 radical (unpaired) electrons. The molecule has 0 aliphatic carbocycles. The molecule has 0 fully saturated rings. The van der Waals surface area contributed by atoms with Gasteiger partial charge < -0.3 is 10.3 Å². The Bertz CT molecular complexity index is 1230. The van der Waals surface area contributed by atoms with Crippen molar-refractivity contribution in [3.8, 4) is 11.1 Å². The van der Waals surface area contributed by atoms with Gasteiger partial charge in [0.2, 0.25) is 0 Å². The fourth-order valence-electron chi connectivity index (χ4n) is 3.22. The smallest absolute Gasteiger partial charge is 0.273 e. The molecule has 2 aromatic carbocycles. The Morgan fingerprint density at radius 3 is 2.81 bits per heavy atom. The van der Waals surface area contributed by atoms with Crippen LogP contribution >= 0.6 is 0 Å². The van der Waals surface area contributed by atoms with E-state index in [1.807, 2.05) is 36.5 Å². The van der Waals surface area contributed by atoms with Gasteiger partial charge in [0.25, 0.3) is 5.91 Å². The summed E-state index contributed by atoms with van der Waals surface area (Å²) in [4.78, 5) is 15.7. The van der Waals surface area contributed by atoms with Gasteiger partial charge >= 0.3 is 0 Å². The summed E-state index contributed by atoms with van der Waals surface area (Å²) in [7, 11) is 0. The van der Waals surface area contributed by atoms with Crippen LogP contribution in [0.3, 0.4) is 0 Å². The molecule has 0 saturated heterocycles. The second kappa shape index (κ2) is 5.59. The number of benzene rings is 2. The zero-order valence-electron chi connectivity index (χ0n) is 13.6. The zero-order valence-corrected chi connectivity index (χ0v) is 13.6. The lowest BCUT2D eigenvalue weighted by Gasteiger charge is -2.10. The van der Waals surface area contributed by atoms with Crippen molar-refractivity contribution in [3.05, 3.63) is 66.7 Å². The van der Waals surface area contributed by atoms with E-state index in [2.05, 4.69) is 36.8 Å². The van der Waals surface area contributed by atoms with Gasteiger partial charge in [0.15, 0.2) is 0 Å². The number of amides is 1. The molecule has 5 aromatic rings. The average Bonchev–Trinajstić information content (AvgIpc) is 3.40. The molecule has 26 heavy (non-hydrogen) atoms. The van der Waals surface area contributed by atoms with Crippen LogP contribution < -0.4 is 5.32 Å². The number of nitrogens with zero attached hydrogens (tertiary/aromatic N) is 2. The van der Waals surface area contributed by atoms with Gasteiger partial charge in [-0.15, -0.1) is 0 Å². The van der Waals surface area contributed by atoms with Gasteiger partial charge in [-0.2, -0.15) is 10.2 Å². The molecule has 5 rings (SSSR count). The van der Waals surface area contributed by atoms with Crippen LogP contribution in [-0.4, -0.2) is 31.3 Å². The van der Waals surface area contributed by atoms with E-state index in [4.69, 9.17) is 0 Å². The Kier molecular flexibility index (Phi) is 3.11. The average molecular weight is 342 g/mol. The van der Waals surface area contributed by atoms with Gasteiger partial charge in [-0.25, -0.2) is 0 Å². The maximum Gasteiger partial charge on any atom is 0.273 e. The Balaban J connectivity index is 1.66. The van der Waals surface area contributed by atoms with E-state index in [1.165, 1.54) is 0 Å². The topological polar surface area (TPSA) is 102 Å². The van der Waals surface area contributed by atoms with Crippen molar-refractivity contribution in [1.29, 1.82) is 0 Å². The molecule has 0 aliphatic rings. The first-order valence-corrected chi connectivity index (χ1v) is 8.14. The Labute approximate surface area is 147 Å². The van der Waals surface area contributed by atoms with Crippen LogP contribution in [0.1, 0.15) is 10.5 Å². The second-order valence-corrected chi connectivity index (χ2v) is 6.02. The third kappa shape index (κ3) is 2.26. The Hall–Kier alpha value is -3.87. The molecule has 1 amide bonds. The van der Waals surface area contributed by atoms with Gasteiger partial charge in [-0.3, -0.25) is 15.0 Å². The number of hydrogen-bond donors (Lipinski definition) is 4. The summed E-state index contributed by atoms with van der Waals surface area (Å²) in [5.74, 6) is -0.248. The molecular weight excluding hydrogens is 328 g/mol. The summed E-state index contributed by atoms with van der Waals surface area (Å²) in [6, 6.07) is 13.8. The molecule has 7 heteroatoms. The van der Waals surface area contributed by atoms with Crippen LogP contribution in [0.15, 0.2) is 61.1 Å². The van der Waals surface area contributed by atoms with Gasteiger partial charge in [-0.1, -0.05) is 12.1 Å². The van der Waals surface area contributed by atoms with E-state index in [-0.39, 0.29) is 5.91 Å². The van der Waals surface area contributed by atoms with Crippen molar-refractivity contribution in [1.82, 2.24) is 25.4 Å². The minimum Gasteiger partial charge on any atom is -0.361 e. The number of hydrogen-bond acceptors (Lipinski definition) is 3. The first-order valence-electron chi connectivity index (χ1n) is 8.14. The fourth-order valence-corrected chi connectivity index (χ4v) is 3.22. The molecule has 4 N–H and O–H groups in total. The highest BCUT2D eigenvalue weighted by Gasteiger charge is 2.14. The van der Waals surface area contributed by atoms with Crippen LogP contribution in [0.25, 0.3) is 32.9 Å². The SMILES string of the molecule is O=C(Nc1cc(-c2cccc3[nH]ccc23)cc2[nH]ncc12)c1ccn[nH]1. The fraction of sp³-hybridized carbons (Fsp3) is 0. The molecule has 0 atom stereocenters. The normalized spacial score (nSPS) is 11.2. The summed E-state index contributed by atoms with van der Waals surface area (Å²) in [5.41, 5.74) is 5.09. The lowest BCUT2D eigenvalue weighted by Crippen LogP contribution is -2.12. The van der Waals surface area contributed by atoms with Gasteiger partial charge in [-0.05, 0) is 41.5 Å². The molecule has 0 spiro atoms. The summed E-state index contributed by atoms with van der Waals surface area (Å²) < 4.78 is 0. The third-order valence-electron chi connectivity index (χ3n) is 4.46. The summed E-state index contributed by atoms with van der Waals surface area (Å²) in [6.45, 7) is 0. The predicted octanol–water partition coefficient (Wildman–Crippen LogP) is 3.69. The molecule has 0 unspecified atom stereocenters. The lowest BCUT2D eigenvalue weighted by atomic mass is 9.99. The van der Waals surface area contributed by atoms with Crippen molar-refractivity contribution >= 4 is 33.4 Å². The van der Waals surface area contributed by atoms with Crippen molar-refractivity contribution in [3.63, 3.8) is 0 Å². The zero-order chi connectivity index (χ0) is 17.5. The largest absolute Gasteiger partial charge is 0.361 e. The number of carbonyl (C=O) groups is 1. The number of nitrogens with one attached hydrogen (secondary N) is 4. The number of fused-ring (bicyclic) bond motifs is 2. The minimum absolute atomic E-state index is 0.248. The Morgan fingerprint density at radius 1 is 0.962 bits per heavy atom. The predicted molar refractivity (Wildman–Crippen MR) is 99.9 cm³/mol.